The molecule has 0 bridgehead atoms. The van der Waals surface area contributed by atoms with Gasteiger partial charge in [-0.3, -0.25) is 9.59 Å². The van der Waals surface area contributed by atoms with E-state index in [0.717, 1.165) is 10.7 Å². The molecule has 0 aliphatic carbocycles. The highest BCUT2D eigenvalue weighted by atomic mass is 32.1. The van der Waals surface area contributed by atoms with Crippen LogP contribution in [0.5, 0.6) is 5.75 Å². The molecule has 0 spiro atoms. The highest BCUT2D eigenvalue weighted by Crippen LogP contribution is 2.23. The summed E-state index contributed by atoms with van der Waals surface area (Å²) in [5.74, 6) is -0.208. The summed E-state index contributed by atoms with van der Waals surface area (Å²) in [7, 11) is 0. The first-order valence-electron chi connectivity index (χ1n) is 8.00. The normalized spacial score (nSPS) is 11.2. The van der Waals surface area contributed by atoms with Crippen molar-refractivity contribution in [3.63, 3.8) is 0 Å². The van der Waals surface area contributed by atoms with Crippen LogP contribution in [0.3, 0.4) is 0 Å². The Hall–Kier alpha value is -2.41. The summed E-state index contributed by atoms with van der Waals surface area (Å²) in [6.45, 7) is 6.73. The zero-order valence-electron chi connectivity index (χ0n) is 14.7. The number of hydrogen-bond donors (Lipinski definition) is 2. The van der Waals surface area contributed by atoms with Gasteiger partial charge in [0.25, 0.3) is 11.8 Å². The van der Waals surface area contributed by atoms with Crippen molar-refractivity contribution >= 4 is 23.2 Å². The second-order valence-electron chi connectivity index (χ2n) is 6.66. The fourth-order valence-electron chi connectivity index (χ4n) is 2.01. The highest BCUT2D eigenvalue weighted by molar-refractivity contribution is 7.09. The Labute approximate surface area is 151 Å². The summed E-state index contributed by atoms with van der Waals surface area (Å²) in [4.78, 5) is 27.4. The van der Waals surface area contributed by atoms with Crippen LogP contribution in [-0.2, 0) is 16.6 Å². The summed E-state index contributed by atoms with van der Waals surface area (Å²) in [5, 5.41) is 5.96. The number of ether oxygens (including phenoxy) is 1. The van der Waals surface area contributed by atoms with Crippen LogP contribution >= 0.6 is 11.3 Å². The van der Waals surface area contributed by atoms with Gasteiger partial charge in [0.2, 0.25) is 0 Å². The number of carbonyl (C=O) groups excluding carboxylic acids is 2. The molecular weight excluding hydrogens is 338 g/mol. The minimum atomic E-state index is -0.543. The number of thiazole rings is 1. The maximum atomic E-state index is 12.1. The number of rotatable bonds is 7. The fraction of sp³-hybridized carbons (Fsp3) is 0.389. The van der Waals surface area contributed by atoms with Gasteiger partial charge in [-0.25, -0.2) is 4.98 Å². The molecule has 2 aromatic rings. The standard InChI is InChI=1S/C18H23N3O3S/c1-18(2,3)14-11-25-16(21-14)8-9-20-17(23)12-4-6-13(7-5-12)24-10-15(19)22/h4-7,11H,8-10H2,1-3H3,(H2,19,22)(H,20,23). The zero-order valence-corrected chi connectivity index (χ0v) is 15.5. The third-order valence-electron chi connectivity index (χ3n) is 3.44. The van der Waals surface area contributed by atoms with E-state index in [0.29, 0.717) is 24.3 Å². The number of nitrogens with zero attached hydrogens (tertiary/aromatic N) is 1. The van der Waals surface area contributed by atoms with Crippen molar-refractivity contribution in [3.05, 3.63) is 45.9 Å². The molecule has 0 atom stereocenters. The van der Waals surface area contributed by atoms with Gasteiger partial charge in [0.05, 0.1) is 10.7 Å². The predicted octanol–water partition coefficient (Wildman–Crippen LogP) is 2.28. The molecule has 7 heteroatoms. The Morgan fingerprint density at radius 2 is 1.92 bits per heavy atom. The molecule has 1 aromatic heterocycles. The first-order chi connectivity index (χ1) is 11.8. The van der Waals surface area contributed by atoms with E-state index in [-0.39, 0.29) is 17.9 Å². The molecule has 0 radical (unpaired) electrons. The van der Waals surface area contributed by atoms with Crippen LogP contribution in [0, 0.1) is 0 Å². The largest absolute Gasteiger partial charge is 0.484 e. The van der Waals surface area contributed by atoms with Gasteiger partial charge in [0, 0.05) is 29.3 Å². The van der Waals surface area contributed by atoms with E-state index < -0.39 is 5.91 Å². The minimum absolute atomic E-state index is 0.0380. The monoisotopic (exact) mass is 361 g/mol. The molecule has 0 aliphatic rings. The third-order valence-corrected chi connectivity index (χ3v) is 4.35. The van der Waals surface area contributed by atoms with Crippen LogP contribution in [0.25, 0.3) is 0 Å². The predicted molar refractivity (Wildman–Crippen MR) is 98.0 cm³/mol. The smallest absolute Gasteiger partial charge is 0.255 e. The van der Waals surface area contributed by atoms with Crippen LogP contribution < -0.4 is 15.8 Å². The van der Waals surface area contributed by atoms with E-state index in [9.17, 15) is 9.59 Å². The Bertz CT molecular complexity index is 733. The molecule has 3 N–H and O–H groups in total. The first kappa shape index (κ1) is 18.9. The molecule has 25 heavy (non-hydrogen) atoms. The number of nitrogens with two attached hydrogens (primary N) is 1. The maximum absolute atomic E-state index is 12.1. The van der Waals surface area contributed by atoms with Crippen molar-refractivity contribution in [1.29, 1.82) is 0 Å². The Balaban J connectivity index is 1.82. The van der Waals surface area contributed by atoms with E-state index in [1.54, 1.807) is 35.6 Å². The number of benzene rings is 1. The van der Waals surface area contributed by atoms with Gasteiger partial charge in [-0.15, -0.1) is 11.3 Å². The molecule has 2 amide bonds. The highest BCUT2D eigenvalue weighted by Gasteiger charge is 2.17. The van der Waals surface area contributed by atoms with Crippen LogP contribution in [0.15, 0.2) is 29.6 Å². The quantitative estimate of drug-likeness (QED) is 0.791. The zero-order chi connectivity index (χ0) is 18.4. The lowest BCUT2D eigenvalue weighted by atomic mass is 9.93. The number of hydrogen-bond acceptors (Lipinski definition) is 5. The van der Waals surface area contributed by atoms with Gasteiger partial charge in [0.15, 0.2) is 6.61 Å². The Morgan fingerprint density at radius 1 is 1.24 bits per heavy atom. The van der Waals surface area contributed by atoms with E-state index in [4.69, 9.17) is 10.5 Å². The van der Waals surface area contributed by atoms with Crippen molar-refractivity contribution < 1.29 is 14.3 Å². The van der Waals surface area contributed by atoms with Crippen LogP contribution in [0.2, 0.25) is 0 Å². The minimum Gasteiger partial charge on any atom is -0.484 e. The molecule has 2 rings (SSSR count). The van der Waals surface area contributed by atoms with E-state index in [1.807, 2.05) is 0 Å². The number of primary amides is 1. The summed E-state index contributed by atoms with van der Waals surface area (Å²) in [5.41, 5.74) is 6.66. The first-order valence-corrected chi connectivity index (χ1v) is 8.88. The summed E-state index contributed by atoms with van der Waals surface area (Å²) in [6.07, 6.45) is 0.701. The number of carbonyl (C=O) groups is 2. The fourth-order valence-corrected chi connectivity index (χ4v) is 3.04. The number of amides is 2. The lowest BCUT2D eigenvalue weighted by Crippen LogP contribution is -2.25. The lowest BCUT2D eigenvalue weighted by Gasteiger charge is -2.14. The third kappa shape index (κ3) is 5.86. The molecule has 0 unspecified atom stereocenters. The van der Waals surface area contributed by atoms with Gasteiger partial charge >= 0.3 is 0 Å². The van der Waals surface area contributed by atoms with Crippen molar-refractivity contribution in [1.82, 2.24) is 10.3 Å². The van der Waals surface area contributed by atoms with Gasteiger partial charge in [0.1, 0.15) is 5.75 Å². The number of nitrogens with one attached hydrogen (secondary N) is 1. The maximum Gasteiger partial charge on any atom is 0.255 e. The second kappa shape index (κ2) is 8.11. The molecule has 6 nitrogen and oxygen atoms in total. The molecule has 134 valence electrons. The van der Waals surface area contributed by atoms with Gasteiger partial charge < -0.3 is 15.8 Å². The Kier molecular flexibility index (Phi) is 6.14. The van der Waals surface area contributed by atoms with Crippen molar-refractivity contribution in [2.45, 2.75) is 32.6 Å². The second-order valence-corrected chi connectivity index (χ2v) is 7.60. The van der Waals surface area contributed by atoms with Gasteiger partial charge in [-0.2, -0.15) is 0 Å². The van der Waals surface area contributed by atoms with Crippen molar-refractivity contribution in [2.24, 2.45) is 5.73 Å². The lowest BCUT2D eigenvalue weighted by molar-refractivity contribution is -0.119. The molecule has 0 saturated heterocycles. The van der Waals surface area contributed by atoms with Crippen molar-refractivity contribution in [3.8, 4) is 5.75 Å². The Morgan fingerprint density at radius 3 is 2.48 bits per heavy atom. The number of aromatic nitrogens is 1. The molecule has 0 saturated carbocycles. The summed E-state index contributed by atoms with van der Waals surface area (Å²) in [6, 6.07) is 6.56. The van der Waals surface area contributed by atoms with Gasteiger partial charge in [-0.1, -0.05) is 20.8 Å². The summed E-state index contributed by atoms with van der Waals surface area (Å²) < 4.78 is 5.16. The molecular formula is C18H23N3O3S. The summed E-state index contributed by atoms with van der Waals surface area (Å²) >= 11 is 1.62. The van der Waals surface area contributed by atoms with Crippen LogP contribution in [0.4, 0.5) is 0 Å². The SMILES string of the molecule is CC(C)(C)c1csc(CCNC(=O)c2ccc(OCC(N)=O)cc2)n1. The van der Waals surface area contributed by atoms with Gasteiger partial charge in [-0.05, 0) is 24.3 Å². The van der Waals surface area contributed by atoms with Crippen LogP contribution in [0.1, 0.15) is 41.8 Å². The van der Waals surface area contributed by atoms with Crippen molar-refractivity contribution in [2.75, 3.05) is 13.2 Å². The topological polar surface area (TPSA) is 94.3 Å². The van der Waals surface area contributed by atoms with E-state index in [1.165, 1.54) is 0 Å². The molecule has 1 heterocycles. The molecule has 1 aromatic carbocycles. The van der Waals surface area contributed by atoms with E-state index >= 15 is 0 Å². The van der Waals surface area contributed by atoms with E-state index in [2.05, 4.69) is 36.5 Å². The molecule has 0 aliphatic heterocycles. The average molecular weight is 361 g/mol. The molecule has 0 fully saturated rings. The van der Waals surface area contributed by atoms with Crippen LogP contribution in [-0.4, -0.2) is 29.9 Å². The average Bonchev–Trinajstić information content (AvgIpc) is 3.02.